The van der Waals surface area contributed by atoms with Crippen molar-refractivity contribution in [2.75, 3.05) is 0 Å². The molecule has 7 aromatic carbocycles. The zero-order valence-corrected chi connectivity index (χ0v) is 55.4. The van der Waals surface area contributed by atoms with E-state index >= 15 is 0 Å². The highest BCUT2D eigenvalue weighted by atomic mass is 79.9. The summed E-state index contributed by atoms with van der Waals surface area (Å²) >= 11 is 7.53. The van der Waals surface area contributed by atoms with Crippen LogP contribution >= 0.6 is 31.9 Å². The molecule has 7 rings (SSSR count). The Balaban J connectivity index is 0.993. The van der Waals surface area contributed by atoms with E-state index in [1.807, 2.05) is 30.3 Å². The van der Waals surface area contributed by atoms with Crippen molar-refractivity contribution in [1.82, 2.24) is 0 Å². The molecule has 0 saturated heterocycles. The van der Waals surface area contributed by atoms with Gasteiger partial charge >= 0.3 is 11.9 Å². The summed E-state index contributed by atoms with van der Waals surface area (Å²) in [6.07, 6.45) is 50.6. The Morgan fingerprint density at radius 1 is 0.314 bits per heavy atom. The van der Waals surface area contributed by atoms with Crippen LogP contribution in [0.25, 0.3) is 43.1 Å². The predicted molar refractivity (Wildman–Crippen MR) is 372 cm³/mol. The van der Waals surface area contributed by atoms with Crippen LogP contribution in [0.5, 0.6) is 0 Å². The molecule has 4 N–H and O–H groups in total. The molecule has 0 atom stereocenters. The lowest BCUT2D eigenvalue weighted by molar-refractivity contribution is 0.0695. The van der Waals surface area contributed by atoms with Crippen molar-refractivity contribution in [2.24, 2.45) is 9.98 Å². The average Bonchev–Trinajstić information content (AvgIpc) is 0.704. The first-order chi connectivity index (χ1) is 42.0. The second kappa shape index (κ2) is 37.5. The van der Waals surface area contributed by atoms with E-state index in [0.29, 0.717) is 69.2 Å². The maximum Gasteiger partial charge on any atom is 0.336 e. The third-order valence-electron chi connectivity index (χ3n) is 17.9. The summed E-state index contributed by atoms with van der Waals surface area (Å²) in [5, 5.41) is 49.4. The molecule has 0 bridgehead atoms. The molecule has 8 nitrogen and oxygen atoms in total. The number of unbranched alkanes of at least 4 members (excludes halogenated alkanes) is 34. The van der Waals surface area contributed by atoms with Gasteiger partial charge in [0.25, 0.3) is 0 Å². The van der Waals surface area contributed by atoms with Gasteiger partial charge in [-0.3, -0.25) is 0 Å². The topological polar surface area (TPSA) is 140 Å². The minimum Gasteiger partial charge on any atom is -0.493 e. The number of halogens is 2. The third-order valence-corrected chi connectivity index (χ3v) is 19.2. The van der Waals surface area contributed by atoms with Gasteiger partial charge < -0.3 is 20.4 Å². The minimum absolute atomic E-state index is 0.112. The second-order valence-corrected chi connectivity index (χ2v) is 26.4. The van der Waals surface area contributed by atoms with E-state index in [9.17, 15) is 30.0 Å². The Bertz CT molecular complexity index is 3260. The van der Waals surface area contributed by atoms with Gasteiger partial charge in [0.05, 0.1) is 22.5 Å². The number of nitrogens with zero attached hydrogens (tertiary/aromatic N) is 2. The highest BCUT2D eigenvalue weighted by Crippen LogP contribution is 2.49. The van der Waals surface area contributed by atoms with E-state index in [1.54, 1.807) is 18.2 Å². The van der Waals surface area contributed by atoms with Gasteiger partial charge in [-0.05, 0) is 96.1 Å². The van der Waals surface area contributed by atoms with Crippen molar-refractivity contribution in [1.29, 1.82) is 0 Å². The summed E-state index contributed by atoms with van der Waals surface area (Å²) in [6.45, 7) is 4.57. The zero-order chi connectivity index (χ0) is 60.9. The molecule has 464 valence electrons. The van der Waals surface area contributed by atoms with E-state index in [4.69, 9.17) is 9.98 Å². The van der Waals surface area contributed by atoms with E-state index in [-0.39, 0.29) is 28.3 Å². The number of aliphatic hydroxyl groups is 2. The molecule has 0 aliphatic carbocycles. The lowest BCUT2D eigenvalue weighted by atomic mass is 9.84. The molecule has 10 heteroatoms. The Hall–Kier alpha value is -5.32. The van der Waals surface area contributed by atoms with Gasteiger partial charge in [-0.2, -0.15) is 0 Å². The van der Waals surface area contributed by atoms with Crippen LogP contribution in [0.3, 0.4) is 0 Å². The Kier molecular flexibility index (Phi) is 29.7. The third kappa shape index (κ3) is 20.4. The molecule has 0 radical (unpaired) electrons. The predicted octanol–water partition coefficient (Wildman–Crippen LogP) is 25.1. The number of carbonyl (C=O) groups is 2. The van der Waals surface area contributed by atoms with Crippen LogP contribution in [0.1, 0.15) is 288 Å². The molecule has 0 spiro atoms. The maximum absolute atomic E-state index is 12.8. The maximum atomic E-state index is 12.8. The van der Waals surface area contributed by atoms with Crippen LogP contribution in [-0.4, -0.2) is 44.2 Å². The number of aliphatic imine (C=N–C) groups is 2. The van der Waals surface area contributed by atoms with Crippen molar-refractivity contribution in [3.63, 3.8) is 0 Å². The summed E-state index contributed by atoms with van der Waals surface area (Å²) in [7, 11) is 0. The molecular weight excluding hydrogens is 1200 g/mol. The van der Waals surface area contributed by atoms with Gasteiger partial charge in [0.15, 0.2) is 0 Å². The number of aryl methyl sites for hydroxylation is 2. The summed E-state index contributed by atoms with van der Waals surface area (Å²) in [6, 6.07) is 26.0. The lowest BCUT2D eigenvalue weighted by Crippen LogP contribution is -2.08. The normalized spacial score (nSPS) is 12.3. The number of carboxylic acid groups (broad SMARTS) is 2. The Morgan fingerprint density at radius 3 is 0.919 bits per heavy atom. The zero-order valence-electron chi connectivity index (χ0n) is 52.2. The fourth-order valence-electron chi connectivity index (χ4n) is 13.0. The quantitative estimate of drug-likeness (QED) is 0.00986. The molecule has 0 fully saturated rings. The van der Waals surface area contributed by atoms with Gasteiger partial charge in [-0.1, -0.05) is 300 Å². The number of aromatic carboxylic acids is 2. The molecule has 7 aromatic rings. The van der Waals surface area contributed by atoms with E-state index < -0.39 is 11.9 Å². The Labute approximate surface area is 531 Å². The van der Waals surface area contributed by atoms with Gasteiger partial charge in [0.1, 0.15) is 0 Å². The smallest absolute Gasteiger partial charge is 0.336 e. The monoisotopic (exact) mass is 1290 g/mol. The first-order valence-electron chi connectivity index (χ1n) is 33.8. The van der Waals surface area contributed by atoms with Crippen molar-refractivity contribution >= 4 is 110 Å². The van der Waals surface area contributed by atoms with Gasteiger partial charge in [0, 0.05) is 52.4 Å². The van der Waals surface area contributed by atoms with Crippen LogP contribution in [0.2, 0.25) is 0 Å². The van der Waals surface area contributed by atoms with E-state index in [1.165, 1.54) is 242 Å². The van der Waals surface area contributed by atoms with Gasteiger partial charge in [0.2, 0.25) is 11.8 Å². The molecule has 0 amide bonds. The van der Waals surface area contributed by atoms with Crippen LogP contribution in [-0.2, 0) is 12.8 Å². The van der Waals surface area contributed by atoms with Crippen LogP contribution < -0.4 is 0 Å². The number of fused-ring (bicyclic) bond motifs is 2. The number of carboxylic acids is 2. The van der Waals surface area contributed by atoms with Crippen molar-refractivity contribution in [2.45, 2.75) is 258 Å². The first kappa shape index (κ1) is 68.2. The van der Waals surface area contributed by atoms with E-state index in [0.717, 1.165) is 25.7 Å². The van der Waals surface area contributed by atoms with Crippen molar-refractivity contribution in [3.8, 4) is 0 Å². The largest absolute Gasteiger partial charge is 0.493 e. The number of benzene rings is 7. The Morgan fingerprint density at radius 2 is 0.593 bits per heavy atom. The second-order valence-electron chi connectivity index (χ2n) is 24.7. The fraction of sp³-hybridized carbons (Fsp3) is 0.526. The highest BCUT2D eigenvalue weighted by molar-refractivity contribution is 9.11. The standard InChI is InChI=1S/C76H100Br2N2O6/c1-3-5-7-9-11-13-15-17-19-21-23-25-27-29-31-33-35-37-39-55-41-45-57(46-42-55)79-73(81)61-51-49-59-70-66(78)54-64(76(85)86)68-62(75(83)84)52-50-60(72(68)70)69-65(77)53-63(67(61)71(59)69)74(82)80-58-47-43-56(44-48-58)40-38-36-34-32-30-28-26-24-22-20-18-16-14-12-10-8-6-4-2/h41-54H,3-40H2,1-2H3,(H,79,81)(H,80,82)(H,83,84)(H,85,86). The summed E-state index contributed by atoms with van der Waals surface area (Å²) in [4.78, 5) is 35.0. The SMILES string of the molecule is CCCCCCCCCCCCCCCCCCCCc1ccc(N=C(O)c2ccc3c4c(Br)cc(C(=O)O)c5c(C(=O)O)ccc(c6c(Br)cc(C(O)=Nc7ccc(CCCCCCCCCCCCCCCCCCCC)cc7)c2c36)c54)cc1. The van der Waals surface area contributed by atoms with Crippen LogP contribution in [0.15, 0.2) is 104 Å². The van der Waals surface area contributed by atoms with Crippen LogP contribution in [0, 0.1) is 0 Å². The molecule has 0 aliphatic heterocycles. The van der Waals surface area contributed by atoms with Crippen LogP contribution in [0.4, 0.5) is 11.4 Å². The molecule has 0 heterocycles. The van der Waals surface area contributed by atoms with E-state index in [2.05, 4.69) is 70.0 Å². The summed E-state index contributed by atoms with van der Waals surface area (Å²) in [5.74, 6) is -3.01. The average molecular weight is 1300 g/mol. The fourth-order valence-corrected chi connectivity index (χ4v) is 14.3. The summed E-state index contributed by atoms with van der Waals surface area (Å²) < 4.78 is 1.02. The molecule has 0 aromatic heterocycles. The number of hydrogen-bond donors (Lipinski definition) is 4. The van der Waals surface area contributed by atoms with Crippen molar-refractivity contribution in [3.05, 3.63) is 127 Å². The number of rotatable bonds is 44. The lowest BCUT2D eigenvalue weighted by Gasteiger charge is -2.21. The van der Waals surface area contributed by atoms with Gasteiger partial charge in [-0.25, -0.2) is 19.6 Å². The molecule has 0 saturated carbocycles. The minimum atomic E-state index is -1.25. The number of aliphatic hydroxyl groups excluding tert-OH is 2. The summed E-state index contributed by atoms with van der Waals surface area (Å²) in [5.41, 5.74) is 4.04. The molecular formula is C76H100Br2N2O6. The highest BCUT2D eigenvalue weighted by Gasteiger charge is 2.28. The van der Waals surface area contributed by atoms with Crippen molar-refractivity contribution < 1.29 is 30.0 Å². The number of hydrogen-bond acceptors (Lipinski definition) is 4. The first-order valence-corrected chi connectivity index (χ1v) is 35.4. The molecule has 0 unspecified atom stereocenters. The molecule has 0 aliphatic rings. The van der Waals surface area contributed by atoms with Gasteiger partial charge in [-0.15, -0.1) is 0 Å². The molecule has 86 heavy (non-hydrogen) atoms.